The molecular formula is C19H24N2O2. The first kappa shape index (κ1) is 15.8. The smallest absolute Gasteiger partial charge is 0.223 e. The van der Waals surface area contributed by atoms with E-state index < -0.39 is 0 Å². The van der Waals surface area contributed by atoms with E-state index in [1.807, 2.05) is 18.2 Å². The number of hydrogen-bond donors (Lipinski definition) is 1. The van der Waals surface area contributed by atoms with Crippen LogP contribution in [0.3, 0.4) is 0 Å². The highest BCUT2D eigenvalue weighted by Crippen LogP contribution is 2.47. The lowest BCUT2D eigenvalue weighted by molar-refractivity contribution is -0.122. The van der Waals surface area contributed by atoms with Crippen molar-refractivity contribution in [3.63, 3.8) is 0 Å². The van der Waals surface area contributed by atoms with Gasteiger partial charge in [-0.1, -0.05) is 30.3 Å². The molecule has 1 N–H and O–H groups in total. The number of nitrogens with zero attached hydrogens (tertiary/aromatic N) is 1. The van der Waals surface area contributed by atoms with Gasteiger partial charge in [-0.15, -0.1) is 0 Å². The summed E-state index contributed by atoms with van der Waals surface area (Å²) in [4.78, 5) is 14.4. The van der Waals surface area contributed by atoms with Gasteiger partial charge in [-0.2, -0.15) is 0 Å². The van der Waals surface area contributed by atoms with Crippen LogP contribution in [0.1, 0.15) is 30.1 Å². The Hall–Kier alpha value is -2.07. The van der Waals surface area contributed by atoms with Gasteiger partial charge in [0.2, 0.25) is 5.91 Å². The summed E-state index contributed by atoms with van der Waals surface area (Å²) in [5, 5.41) is 3.05. The third kappa shape index (κ3) is 4.45. The van der Waals surface area contributed by atoms with Crippen LogP contribution in [-0.4, -0.2) is 30.9 Å². The highest BCUT2D eigenvalue weighted by molar-refractivity contribution is 5.82. The molecule has 1 aliphatic carbocycles. The van der Waals surface area contributed by atoms with Crippen LogP contribution in [0.5, 0.6) is 0 Å². The first-order valence-corrected chi connectivity index (χ1v) is 8.27. The third-order valence-electron chi connectivity index (χ3n) is 4.35. The molecule has 2 atom stereocenters. The summed E-state index contributed by atoms with van der Waals surface area (Å²) in [7, 11) is 2.11. The average Bonchev–Trinajstić information content (AvgIpc) is 3.18. The number of carbonyl (C=O) groups excluding carboxylic acids is 1. The summed E-state index contributed by atoms with van der Waals surface area (Å²) in [6.07, 6.45) is 3.55. The average molecular weight is 312 g/mol. The molecule has 1 aromatic heterocycles. The number of benzene rings is 1. The summed E-state index contributed by atoms with van der Waals surface area (Å²) in [5.74, 6) is 1.49. The van der Waals surface area contributed by atoms with Gasteiger partial charge < -0.3 is 14.6 Å². The van der Waals surface area contributed by atoms with E-state index in [9.17, 15) is 4.79 Å². The summed E-state index contributed by atoms with van der Waals surface area (Å²) >= 11 is 0. The minimum atomic E-state index is 0.100. The standard InChI is InChI=1S/C19H24N2O2/c1-21(14-15-7-3-2-4-8-15)11-6-10-20-19(22)17-13-16(17)18-9-5-12-23-18/h2-5,7-9,12,16-17H,6,10-11,13-14H2,1H3,(H,20,22). The molecule has 3 rings (SSSR count). The molecule has 122 valence electrons. The topological polar surface area (TPSA) is 45.5 Å². The first-order valence-electron chi connectivity index (χ1n) is 8.27. The fourth-order valence-corrected chi connectivity index (χ4v) is 2.97. The van der Waals surface area contributed by atoms with E-state index in [2.05, 4.69) is 41.5 Å². The molecule has 1 amide bonds. The van der Waals surface area contributed by atoms with Crippen molar-refractivity contribution in [3.05, 3.63) is 60.1 Å². The molecule has 1 fully saturated rings. The van der Waals surface area contributed by atoms with Crippen LogP contribution in [0.2, 0.25) is 0 Å². The fraction of sp³-hybridized carbons (Fsp3) is 0.421. The Morgan fingerprint density at radius 2 is 2.09 bits per heavy atom. The Morgan fingerprint density at radius 3 is 2.83 bits per heavy atom. The molecule has 0 spiro atoms. The molecule has 1 aliphatic rings. The van der Waals surface area contributed by atoms with Gasteiger partial charge in [0.05, 0.1) is 6.26 Å². The summed E-state index contributed by atoms with van der Waals surface area (Å²) in [6, 6.07) is 14.3. The van der Waals surface area contributed by atoms with E-state index in [4.69, 9.17) is 4.42 Å². The Labute approximate surface area is 137 Å². The summed E-state index contributed by atoms with van der Waals surface area (Å²) < 4.78 is 5.36. The molecule has 0 bridgehead atoms. The molecule has 2 unspecified atom stereocenters. The molecule has 2 aromatic rings. The fourth-order valence-electron chi connectivity index (χ4n) is 2.97. The van der Waals surface area contributed by atoms with Crippen LogP contribution in [0.4, 0.5) is 0 Å². The van der Waals surface area contributed by atoms with Crippen LogP contribution >= 0.6 is 0 Å². The maximum atomic E-state index is 12.1. The van der Waals surface area contributed by atoms with Gasteiger partial charge in [-0.25, -0.2) is 0 Å². The van der Waals surface area contributed by atoms with Crippen molar-refractivity contribution in [2.75, 3.05) is 20.1 Å². The van der Waals surface area contributed by atoms with Gasteiger partial charge in [0, 0.05) is 24.9 Å². The number of amides is 1. The third-order valence-corrected chi connectivity index (χ3v) is 4.35. The Balaban J connectivity index is 1.30. The number of carbonyl (C=O) groups is 1. The first-order chi connectivity index (χ1) is 11.2. The Morgan fingerprint density at radius 1 is 1.26 bits per heavy atom. The van der Waals surface area contributed by atoms with Crippen LogP contribution in [-0.2, 0) is 11.3 Å². The second-order valence-electron chi connectivity index (χ2n) is 6.33. The molecule has 1 saturated carbocycles. The maximum absolute atomic E-state index is 12.1. The lowest BCUT2D eigenvalue weighted by Gasteiger charge is -2.16. The molecule has 0 radical (unpaired) electrons. The Kier molecular flexibility index (Phi) is 5.13. The molecule has 0 aliphatic heterocycles. The van der Waals surface area contributed by atoms with Crippen molar-refractivity contribution in [2.24, 2.45) is 5.92 Å². The molecule has 4 nitrogen and oxygen atoms in total. The van der Waals surface area contributed by atoms with E-state index in [1.54, 1.807) is 6.26 Å². The van der Waals surface area contributed by atoms with Gasteiger partial charge >= 0.3 is 0 Å². The van der Waals surface area contributed by atoms with Gasteiger partial charge in [0.1, 0.15) is 5.76 Å². The van der Waals surface area contributed by atoms with Gasteiger partial charge in [0.25, 0.3) is 0 Å². The van der Waals surface area contributed by atoms with E-state index in [1.165, 1.54) is 5.56 Å². The van der Waals surface area contributed by atoms with E-state index in [0.29, 0.717) is 0 Å². The normalized spacial score (nSPS) is 19.7. The zero-order chi connectivity index (χ0) is 16.1. The van der Waals surface area contributed by atoms with Crippen molar-refractivity contribution in [3.8, 4) is 0 Å². The minimum Gasteiger partial charge on any atom is -0.469 e. The van der Waals surface area contributed by atoms with Crippen LogP contribution in [0.15, 0.2) is 53.1 Å². The van der Waals surface area contributed by atoms with Crippen molar-refractivity contribution < 1.29 is 9.21 Å². The second-order valence-corrected chi connectivity index (χ2v) is 6.33. The van der Waals surface area contributed by atoms with Gasteiger partial charge in [-0.05, 0) is 44.1 Å². The zero-order valence-corrected chi connectivity index (χ0v) is 13.6. The van der Waals surface area contributed by atoms with Crippen molar-refractivity contribution in [1.29, 1.82) is 0 Å². The lowest BCUT2D eigenvalue weighted by Crippen LogP contribution is -2.29. The molecule has 23 heavy (non-hydrogen) atoms. The highest BCUT2D eigenvalue weighted by atomic mass is 16.3. The Bertz CT molecular complexity index is 610. The van der Waals surface area contributed by atoms with Crippen LogP contribution in [0, 0.1) is 5.92 Å². The monoisotopic (exact) mass is 312 g/mol. The minimum absolute atomic E-state index is 0.100. The predicted molar refractivity (Wildman–Crippen MR) is 90.0 cm³/mol. The zero-order valence-electron chi connectivity index (χ0n) is 13.6. The summed E-state index contributed by atoms with van der Waals surface area (Å²) in [5.41, 5.74) is 1.32. The quantitative estimate of drug-likeness (QED) is 0.762. The number of hydrogen-bond acceptors (Lipinski definition) is 3. The van der Waals surface area contributed by atoms with Crippen LogP contribution < -0.4 is 5.32 Å². The number of rotatable bonds is 8. The second kappa shape index (κ2) is 7.47. The van der Waals surface area contributed by atoms with E-state index in [0.717, 1.165) is 38.2 Å². The summed E-state index contributed by atoms with van der Waals surface area (Å²) in [6.45, 7) is 2.65. The lowest BCUT2D eigenvalue weighted by atomic mass is 10.2. The molecular weight excluding hydrogens is 288 g/mol. The van der Waals surface area contributed by atoms with Crippen molar-refractivity contribution in [1.82, 2.24) is 10.2 Å². The van der Waals surface area contributed by atoms with Crippen molar-refractivity contribution in [2.45, 2.75) is 25.3 Å². The van der Waals surface area contributed by atoms with Crippen LogP contribution in [0.25, 0.3) is 0 Å². The number of nitrogens with one attached hydrogen (secondary N) is 1. The SMILES string of the molecule is CN(CCCNC(=O)C1CC1c1ccco1)Cc1ccccc1. The van der Waals surface area contributed by atoms with Crippen molar-refractivity contribution >= 4 is 5.91 Å². The maximum Gasteiger partial charge on any atom is 0.223 e. The van der Waals surface area contributed by atoms with E-state index >= 15 is 0 Å². The highest BCUT2D eigenvalue weighted by Gasteiger charge is 2.45. The van der Waals surface area contributed by atoms with Gasteiger partial charge in [-0.3, -0.25) is 4.79 Å². The van der Waals surface area contributed by atoms with Gasteiger partial charge in [0.15, 0.2) is 0 Å². The predicted octanol–water partition coefficient (Wildman–Crippen LogP) is 3.02. The largest absolute Gasteiger partial charge is 0.469 e. The number of furan rings is 1. The molecule has 4 heteroatoms. The molecule has 1 aromatic carbocycles. The molecule has 1 heterocycles. The molecule has 0 saturated heterocycles. The van der Waals surface area contributed by atoms with E-state index in [-0.39, 0.29) is 17.7 Å².